The van der Waals surface area contributed by atoms with Gasteiger partial charge in [-0.2, -0.15) is 0 Å². The van der Waals surface area contributed by atoms with E-state index in [4.69, 9.17) is 0 Å². The maximum absolute atomic E-state index is 12.3. The first-order valence-corrected chi connectivity index (χ1v) is 13.4. The van der Waals surface area contributed by atoms with Crippen LogP contribution in [0, 0.1) is 0 Å². The smallest absolute Gasteiger partial charge is 0.217 e. The number of hydrogen-bond acceptors (Lipinski definition) is 5. The molecule has 0 aliphatic rings. The maximum Gasteiger partial charge on any atom is 0.217 e. The number of amides is 1. The summed E-state index contributed by atoms with van der Waals surface area (Å²) >= 11 is 1.31. The van der Waals surface area contributed by atoms with Crippen LogP contribution in [-0.2, 0) is 22.4 Å². The minimum atomic E-state index is -0.669. The molecule has 32 heavy (non-hydrogen) atoms. The van der Waals surface area contributed by atoms with E-state index in [-0.39, 0.29) is 17.6 Å². The molecule has 1 N–H and O–H groups in total. The van der Waals surface area contributed by atoms with Crippen molar-refractivity contribution in [3.05, 3.63) is 59.7 Å². The molecule has 0 spiro atoms. The molecule has 7 heteroatoms. The molecule has 0 saturated carbocycles. The molecule has 0 saturated heterocycles. The predicted octanol–water partition coefficient (Wildman–Crippen LogP) is 2.68. The zero-order valence-electron chi connectivity index (χ0n) is 19.9. The topological polar surface area (TPSA) is 52.7 Å². The molecular formula is C25H36N3O2PS. The molecule has 0 radical (unpaired) electrons. The Hall–Kier alpha value is -1.72. The third-order valence-corrected chi connectivity index (χ3v) is 8.89. The van der Waals surface area contributed by atoms with Gasteiger partial charge in [-0.25, -0.2) is 0 Å². The van der Waals surface area contributed by atoms with Crippen molar-refractivity contribution in [1.82, 2.24) is 15.1 Å². The largest absolute Gasteiger partial charge is 0.348 e. The Kier molecular flexibility index (Phi) is 11.4. The standard InChI is InChI=1S/C25H36N3O2PS/c1-20(29)26-18-25(30)32-19-31(23-10-6-21(7-11-23)14-16-27(2)3)24-12-8-22(9-13-24)15-17-28(4)5/h6-13H,14-19H2,1-5H3,(H,26,29). The Balaban J connectivity index is 2.15. The molecule has 2 rings (SSSR count). The fourth-order valence-electron chi connectivity index (χ4n) is 3.07. The second kappa shape index (κ2) is 13.7. The summed E-state index contributed by atoms with van der Waals surface area (Å²) < 4.78 is 0. The van der Waals surface area contributed by atoms with Crippen LogP contribution in [0.1, 0.15) is 18.1 Å². The Bertz CT molecular complexity index is 799. The first kappa shape index (κ1) is 26.5. The molecule has 2 aromatic rings. The molecule has 2 aromatic carbocycles. The van der Waals surface area contributed by atoms with Gasteiger partial charge in [0.2, 0.25) is 11.0 Å². The summed E-state index contributed by atoms with van der Waals surface area (Å²) in [6.45, 7) is 3.56. The Morgan fingerprint density at radius 1 is 0.812 bits per heavy atom. The summed E-state index contributed by atoms with van der Waals surface area (Å²) in [6.07, 6.45) is 2.05. The molecule has 0 aliphatic heterocycles. The van der Waals surface area contributed by atoms with E-state index >= 15 is 0 Å². The van der Waals surface area contributed by atoms with E-state index in [0.717, 1.165) is 25.9 Å². The quantitative estimate of drug-likeness (QED) is 0.481. The van der Waals surface area contributed by atoms with E-state index in [0.29, 0.717) is 5.49 Å². The second-order valence-electron chi connectivity index (χ2n) is 8.42. The van der Waals surface area contributed by atoms with Crippen LogP contribution in [0.3, 0.4) is 0 Å². The summed E-state index contributed by atoms with van der Waals surface area (Å²) in [5.74, 6) is -0.178. The van der Waals surface area contributed by atoms with E-state index in [2.05, 4.69) is 91.8 Å². The third-order valence-electron chi connectivity index (χ3n) is 5.03. The van der Waals surface area contributed by atoms with Crippen molar-refractivity contribution in [2.75, 3.05) is 53.3 Å². The highest BCUT2D eigenvalue weighted by molar-refractivity contribution is 8.18. The number of carbonyl (C=O) groups excluding carboxylic acids is 2. The fourth-order valence-corrected chi connectivity index (χ4v) is 6.85. The maximum atomic E-state index is 12.3. The number of carbonyl (C=O) groups is 2. The highest BCUT2D eigenvalue weighted by atomic mass is 32.2. The first-order valence-electron chi connectivity index (χ1n) is 10.9. The van der Waals surface area contributed by atoms with Gasteiger partial charge in [-0.3, -0.25) is 9.59 Å². The van der Waals surface area contributed by atoms with Crippen LogP contribution in [0.5, 0.6) is 0 Å². The molecule has 0 aromatic heterocycles. The number of rotatable bonds is 12. The molecule has 0 atom stereocenters. The molecule has 0 aliphatic carbocycles. The van der Waals surface area contributed by atoms with Crippen LogP contribution in [0.15, 0.2) is 48.5 Å². The normalized spacial score (nSPS) is 11.4. The van der Waals surface area contributed by atoms with Crippen molar-refractivity contribution in [1.29, 1.82) is 0 Å². The van der Waals surface area contributed by atoms with Gasteiger partial charge in [-0.1, -0.05) is 60.3 Å². The van der Waals surface area contributed by atoms with Crippen LogP contribution < -0.4 is 15.9 Å². The lowest BCUT2D eigenvalue weighted by atomic mass is 10.1. The van der Waals surface area contributed by atoms with Gasteiger partial charge in [0.15, 0.2) is 0 Å². The fraction of sp³-hybridized carbons (Fsp3) is 0.440. The van der Waals surface area contributed by atoms with Gasteiger partial charge >= 0.3 is 0 Å². The van der Waals surface area contributed by atoms with Gasteiger partial charge < -0.3 is 15.1 Å². The van der Waals surface area contributed by atoms with Crippen LogP contribution in [0.25, 0.3) is 0 Å². The van der Waals surface area contributed by atoms with Crippen molar-refractivity contribution in [2.45, 2.75) is 19.8 Å². The summed E-state index contributed by atoms with van der Waals surface area (Å²) in [5, 5.41) is 5.14. The van der Waals surface area contributed by atoms with Gasteiger partial charge in [0.05, 0.1) is 6.54 Å². The lowest BCUT2D eigenvalue weighted by molar-refractivity contribution is -0.121. The van der Waals surface area contributed by atoms with Crippen LogP contribution >= 0.6 is 19.7 Å². The van der Waals surface area contributed by atoms with Crippen molar-refractivity contribution in [3.63, 3.8) is 0 Å². The molecule has 0 heterocycles. The lowest BCUT2D eigenvalue weighted by Gasteiger charge is -2.19. The molecule has 0 fully saturated rings. The number of nitrogens with zero attached hydrogens (tertiary/aromatic N) is 2. The van der Waals surface area contributed by atoms with E-state index < -0.39 is 7.92 Å². The van der Waals surface area contributed by atoms with Gasteiger partial charge in [-0.05, 0) is 70.7 Å². The van der Waals surface area contributed by atoms with Gasteiger partial charge in [-0.15, -0.1) is 0 Å². The van der Waals surface area contributed by atoms with E-state index in [1.165, 1.54) is 40.4 Å². The zero-order chi connectivity index (χ0) is 23.5. The molecule has 174 valence electrons. The Morgan fingerprint density at radius 3 is 1.62 bits per heavy atom. The highest BCUT2D eigenvalue weighted by Gasteiger charge is 2.17. The zero-order valence-corrected chi connectivity index (χ0v) is 21.6. The molecule has 5 nitrogen and oxygen atoms in total. The first-order chi connectivity index (χ1) is 15.2. The van der Waals surface area contributed by atoms with E-state index in [9.17, 15) is 9.59 Å². The van der Waals surface area contributed by atoms with Crippen LogP contribution in [-0.4, -0.2) is 74.1 Å². The monoisotopic (exact) mass is 473 g/mol. The van der Waals surface area contributed by atoms with E-state index in [1.54, 1.807) is 0 Å². The van der Waals surface area contributed by atoms with Crippen molar-refractivity contribution >= 4 is 41.3 Å². The summed E-state index contributed by atoms with van der Waals surface area (Å²) in [7, 11) is 7.68. The minimum Gasteiger partial charge on any atom is -0.348 e. The number of benzene rings is 2. The SMILES string of the molecule is CC(=O)NCC(=O)SCP(c1ccc(CCN(C)C)cc1)c1ccc(CCN(C)C)cc1. The summed E-state index contributed by atoms with van der Waals surface area (Å²) in [4.78, 5) is 27.8. The number of likely N-dealkylation sites (N-methyl/N-ethyl adjacent to an activating group) is 2. The van der Waals surface area contributed by atoms with Gasteiger partial charge in [0.25, 0.3) is 0 Å². The van der Waals surface area contributed by atoms with E-state index in [1.807, 2.05) is 0 Å². The van der Waals surface area contributed by atoms with Crippen molar-refractivity contribution < 1.29 is 9.59 Å². The molecule has 1 amide bonds. The Morgan fingerprint density at radius 2 is 1.25 bits per heavy atom. The summed E-state index contributed by atoms with van der Waals surface area (Å²) in [5.41, 5.74) is 3.36. The number of thioether (sulfide) groups is 1. The molecule has 0 bridgehead atoms. The molecular weight excluding hydrogens is 437 g/mol. The second-order valence-corrected chi connectivity index (χ2v) is 12.1. The van der Waals surface area contributed by atoms with Crippen LogP contribution in [0.2, 0.25) is 0 Å². The highest BCUT2D eigenvalue weighted by Crippen LogP contribution is 2.38. The average Bonchev–Trinajstić information content (AvgIpc) is 2.76. The predicted molar refractivity (Wildman–Crippen MR) is 140 cm³/mol. The Labute approximate surface area is 198 Å². The van der Waals surface area contributed by atoms with Crippen molar-refractivity contribution in [2.24, 2.45) is 0 Å². The lowest BCUT2D eigenvalue weighted by Crippen LogP contribution is -2.26. The number of nitrogens with one attached hydrogen (secondary N) is 1. The average molecular weight is 474 g/mol. The molecule has 0 unspecified atom stereocenters. The number of hydrogen-bond donors (Lipinski definition) is 1. The van der Waals surface area contributed by atoms with Gasteiger partial charge in [0, 0.05) is 25.5 Å². The third kappa shape index (κ3) is 9.83. The summed E-state index contributed by atoms with van der Waals surface area (Å²) in [6, 6.07) is 17.7. The minimum absolute atomic E-state index is 0.00194. The van der Waals surface area contributed by atoms with Crippen molar-refractivity contribution in [3.8, 4) is 0 Å². The van der Waals surface area contributed by atoms with Crippen LogP contribution in [0.4, 0.5) is 0 Å². The van der Waals surface area contributed by atoms with Gasteiger partial charge in [0.1, 0.15) is 0 Å².